The molecule has 0 spiro atoms. The predicted octanol–water partition coefficient (Wildman–Crippen LogP) is 3.73. The number of fused-ring (bicyclic) bond motifs is 3. The molecule has 2 aromatic carbocycles. The van der Waals surface area contributed by atoms with Crippen LogP contribution in [0.3, 0.4) is 0 Å². The van der Waals surface area contributed by atoms with Gasteiger partial charge in [0.2, 0.25) is 0 Å². The fraction of sp³-hybridized carbons (Fsp3) is 0.125. The van der Waals surface area contributed by atoms with Crippen LogP contribution in [0.2, 0.25) is 0 Å². The zero-order chi connectivity index (χ0) is 19.6. The van der Waals surface area contributed by atoms with Crippen LogP contribution in [0.25, 0.3) is 27.3 Å². The van der Waals surface area contributed by atoms with Crippen molar-refractivity contribution in [2.45, 2.75) is 13.0 Å². The Balaban J connectivity index is 1.49. The Bertz CT molecular complexity index is 1380. The Labute approximate surface area is 167 Å². The predicted molar refractivity (Wildman–Crippen MR) is 116 cm³/mol. The fourth-order valence-electron chi connectivity index (χ4n) is 3.69. The molecule has 1 N–H and O–H groups in total. The Kier molecular flexibility index (Phi) is 4.50. The molecule has 0 aliphatic heterocycles. The van der Waals surface area contributed by atoms with Gasteiger partial charge >= 0.3 is 0 Å². The van der Waals surface area contributed by atoms with Crippen LogP contribution in [0.4, 0.5) is 0 Å². The summed E-state index contributed by atoms with van der Waals surface area (Å²) in [5.41, 5.74) is 3.46. The number of rotatable bonds is 5. The summed E-state index contributed by atoms with van der Waals surface area (Å²) in [6.07, 6.45) is 4.45. The zero-order valence-corrected chi connectivity index (χ0v) is 15.9. The first kappa shape index (κ1) is 17.5. The van der Waals surface area contributed by atoms with Crippen molar-refractivity contribution >= 4 is 27.3 Å². The van der Waals surface area contributed by atoms with Crippen LogP contribution in [0, 0.1) is 0 Å². The summed E-state index contributed by atoms with van der Waals surface area (Å²) in [5, 5.41) is 6.22. The van der Waals surface area contributed by atoms with Gasteiger partial charge in [-0.2, -0.15) is 0 Å². The van der Waals surface area contributed by atoms with E-state index in [2.05, 4.69) is 10.3 Å². The van der Waals surface area contributed by atoms with Gasteiger partial charge in [0.25, 0.3) is 5.56 Å². The van der Waals surface area contributed by atoms with Gasteiger partial charge in [-0.15, -0.1) is 0 Å². The molecule has 0 radical (unpaired) electrons. The molecule has 0 saturated heterocycles. The second kappa shape index (κ2) is 7.45. The van der Waals surface area contributed by atoms with Crippen LogP contribution in [-0.2, 0) is 13.0 Å². The minimum Gasteiger partial charge on any atom is -0.312 e. The van der Waals surface area contributed by atoms with Gasteiger partial charge in [0.05, 0.1) is 10.9 Å². The first-order valence-electron chi connectivity index (χ1n) is 9.73. The highest BCUT2D eigenvalue weighted by Crippen LogP contribution is 2.20. The van der Waals surface area contributed by atoms with Gasteiger partial charge in [0, 0.05) is 43.2 Å². The summed E-state index contributed by atoms with van der Waals surface area (Å²) in [5.74, 6) is 0. The Morgan fingerprint density at radius 3 is 2.59 bits per heavy atom. The van der Waals surface area contributed by atoms with Crippen LogP contribution < -0.4 is 10.9 Å². The van der Waals surface area contributed by atoms with E-state index in [1.54, 1.807) is 10.6 Å². The molecule has 0 atom stereocenters. The van der Waals surface area contributed by atoms with E-state index in [1.807, 2.05) is 72.9 Å². The molecule has 5 heteroatoms. The van der Waals surface area contributed by atoms with Crippen molar-refractivity contribution in [3.63, 3.8) is 0 Å². The highest BCUT2D eigenvalue weighted by Gasteiger charge is 2.10. The van der Waals surface area contributed by atoms with E-state index >= 15 is 0 Å². The number of nitrogens with one attached hydrogen (secondary N) is 1. The monoisotopic (exact) mass is 380 g/mol. The number of aromatic nitrogens is 3. The van der Waals surface area contributed by atoms with Crippen molar-refractivity contribution in [2.24, 2.45) is 0 Å². The summed E-state index contributed by atoms with van der Waals surface area (Å²) in [6, 6.07) is 21.8. The standard InChI is InChI=1S/C24H20N4O/c29-24-21-14-17-6-1-2-7-18(17)15-22(21)27-23-19(8-5-13-28(23)24)16-25-12-10-20-9-3-4-11-26-20/h1-9,11,13-15,25H,10,12,16H2. The lowest BCUT2D eigenvalue weighted by Gasteiger charge is -2.10. The van der Waals surface area contributed by atoms with Gasteiger partial charge in [-0.05, 0) is 41.1 Å². The average Bonchev–Trinajstić information content (AvgIpc) is 2.77. The lowest BCUT2D eigenvalue weighted by molar-refractivity contribution is 0.679. The van der Waals surface area contributed by atoms with E-state index < -0.39 is 0 Å². The maximum Gasteiger partial charge on any atom is 0.265 e. The molecule has 3 aromatic heterocycles. The lowest BCUT2D eigenvalue weighted by atomic mass is 10.1. The SMILES string of the molecule is O=c1c2cc3ccccc3cc2nc2c(CNCCc3ccccn3)cccn12. The van der Waals surface area contributed by atoms with Crippen LogP contribution in [-0.4, -0.2) is 20.9 Å². The number of nitrogens with zero attached hydrogens (tertiary/aromatic N) is 3. The molecule has 29 heavy (non-hydrogen) atoms. The molecule has 0 bridgehead atoms. The molecular weight excluding hydrogens is 360 g/mol. The van der Waals surface area contributed by atoms with Gasteiger partial charge < -0.3 is 5.32 Å². The van der Waals surface area contributed by atoms with Crippen LogP contribution >= 0.6 is 0 Å². The van der Waals surface area contributed by atoms with Crippen molar-refractivity contribution in [2.75, 3.05) is 6.54 Å². The van der Waals surface area contributed by atoms with Gasteiger partial charge in [-0.3, -0.25) is 14.2 Å². The minimum absolute atomic E-state index is 0.0360. The molecule has 0 saturated carbocycles. The third-order valence-corrected chi connectivity index (χ3v) is 5.19. The zero-order valence-electron chi connectivity index (χ0n) is 15.9. The smallest absolute Gasteiger partial charge is 0.265 e. The summed E-state index contributed by atoms with van der Waals surface area (Å²) in [7, 11) is 0. The van der Waals surface area contributed by atoms with Gasteiger partial charge in [-0.1, -0.05) is 36.4 Å². The van der Waals surface area contributed by atoms with Gasteiger partial charge in [0.15, 0.2) is 0 Å². The van der Waals surface area contributed by atoms with E-state index in [0.29, 0.717) is 17.6 Å². The lowest BCUT2D eigenvalue weighted by Crippen LogP contribution is -2.20. The number of hydrogen-bond donors (Lipinski definition) is 1. The van der Waals surface area contributed by atoms with Crippen LogP contribution in [0.5, 0.6) is 0 Å². The Morgan fingerprint density at radius 1 is 0.931 bits per heavy atom. The average molecular weight is 380 g/mol. The van der Waals surface area contributed by atoms with Gasteiger partial charge in [0.1, 0.15) is 5.65 Å². The van der Waals surface area contributed by atoms with Crippen molar-refractivity contribution in [3.05, 3.63) is 101 Å². The summed E-state index contributed by atoms with van der Waals surface area (Å²) < 4.78 is 1.65. The topological polar surface area (TPSA) is 59.3 Å². The number of hydrogen-bond acceptors (Lipinski definition) is 4. The Hall–Kier alpha value is -3.57. The normalized spacial score (nSPS) is 11.4. The maximum absolute atomic E-state index is 13.1. The van der Waals surface area contributed by atoms with E-state index in [0.717, 1.165) is 40.5 Å². The molecule has 0 unspecified atom stereocenters. The van der Waals surface area contributed by atoms with Crippen LogP contribution in [0.1, 0.15) is 11.3 Å². The highest BCUT2D eigenvalue weighted by atomic mass is 16.1. The molecule has 5 rings (SSSR count). The molecule has 3 heterocycles. The van der Waals surface area contributed by atoms with E-state index in [-0.39, 0.29) is 5.56 Å². The molecular formula is C24H20N4O. The van der Waals surface area contributed by atoms with E-state index in [9.17, 15) is 4.79 Å². The number of benzene rings is 2. The second-order valence-electron chi connectivity index (χ2n) is 7.11. The van der Waals surface area contributed by atoms with Crippen molar-refractivity contribution in [1.29, 1.82) is 0 Å². The number of pyridine rings is 2. The van der Waals surface area contributed by atoms with E-state index in [1.165, 1.54) is 0 Å². The summed E-state index contributed by atoms with van der Waals surface area (Å²) in [6.45, 7) is 1.45. The van der Waals surface area contributed by atoms with Gasteiger partial charge in [-0.25, -0.2) is 4.98 Å². The molecule has 5 aromatic rings. The molecule has 5 nitrogen and oxygen atoms in total. The Morgan fingerprint density at radius 2 is 1.76 bits per heavy atom. The molecule has 0 aliphatic carbocycles. The third-order valence-electron chi connectivity index (χ3n) is 5.19. The van der Waals surface area contributed by atoms with Crippen molar-refractivity contribution < 1.29 is 0 Å². The second-order valence-corrected chi connectivity index (χ2v) is 7.11. The minimum atomic E-state index is -0.0360. The summed E-state index contributed by atoms with van der Waals surface area (Å²) in [4.78, 5) is 22.3. The molecule has 0 aliphatic rings. The third kappa shape index (κ3) is 3.37. The van der Waals surface area contributed by atoms with Crippen molar-refractivity contribution in [3.8, 4) is 0 Å². The molecule has 0 fully saturated rings. The summed E-state index contributed by atoms with van der Waals surface area (Å²) >= 11 is 0. The van der Waals surface area contributed by atoms with Crippen molar-refractivity contribution in [1.82, 2.24) is 19.7 Å². The van der Waals surface area contributed by atoms with Crippen LogP contribution in [0.15, 0.2) is 83.9 Å². The van der Waals surface area contributed by atoms with E-state index in [4.69, 9.17) is 4.98 Å². The largest absolute Gasteiger partial charge is 0.312 e. The first-order chi connectivity index (χ1) is 14.3. The first-order valence-corrected chi connectivity index (χ1v) is 9.73. The maximum atomic E-state index is 13.1. The highest BCUT2D eigenvalue weighted by molar-refractivity contribution is 5.96. The molecule has 142 valence electrons. The molecule has 0 amide bonds. The fourth-order valence-corrected chi connectivity index (χ4v) is 3.69. The quantitative estimate of drug-likeness (QED) is 0.373.